The first-order valence-electron chi connectivity index (χ1n) is 4.87. The number of hydrogen-bond donors (Lipinski definition) is 0. The molecule has 0 aliphatic rings. The summed E-state index contributed by atoms with van der Waals surface area (Å²) in [5, 5.41) is 0. The molecule has 15 heavy (non-hydrogen) atoms. The number of carbonyl (C=O) groups excluding carboxylic acids is 1. The highest BCUT2D eigenvalue weighted by Crippen LogP contribution is 1.91. The third-order valence-electron chi connectivity index (χ3n) is 1.45. The van der Waals surface area contributed by atoms with Crippen LogP contribution >= 0.6 is 0 Å². The number of ether oxygens (including phenoxy) is 1. The Bertz CT molecular complexity index is 178. The van der Waals surface area contributed by atoms with Gasteiger partial charge in [0.25, 0.3) is 0 Å². The first-order chi connectivity index (χ1) is 6.99. The molecular weight excluding hydrogens is 212 g/mol. The number of rotatable bonds is 5. The Kier molecular flexibility index (Phi) is 12.8. The zero-order valence-corrected chi connectivity index (χ0v) is 11.5. The highest BCUT2D eigenvalue weighted by atomic mass is 28.3. The fourth-order valence-corrected chi connectivity index (χ4v) is 0.607. The van der Waals surface area contributed by atoms with Crippen LogP contribution in [0, 0.1) is 0 Å². The average molecular weight is 234 g/mol. The van der Waals surface area contributed by atoms with Crippen molar-refractivity contribution >= 4 is 15.3 Å². The highest BCUT2D eigenvalue weighted by molar-refractivity contribution is 6.42. The zero-order valence-electron chi connectivity index (χ0n) is 10.3. The molecule has 0 saturated heterocycles. The lowest BCUT2D eigenvalue weighted by atomic mass is 10.4. The van der Waals surface area contributed by atoms with Crippen molar-refractivity contribution in [2.75, 3.05) is 20.8 Å². The summed E-state index contributed by atoms with van der Waals surface area (Å²) in [5.74, 6) is -0.295. The van der Waals surface area contributed by atoms with Crippen LogP contribution in [0.2, 0.25) is 6.55 Å². The monoisotopic (exact) mass is 234 g/mol. The normalized spacial score (nSPS) is 9.20. The van der Waals surface area contributed by atoms with Crippen molar-refractivity contribution in [3.8, 4) is 0 Å². The van der Waals surface area contributed by atoms with E-state index in [1.807, 2.05) is 13.5 Å². The molecule has 0 bridgehead atoms. The van der Waals surface area contributed by atoms with Gasteiger partial charge in [0.15, 0.2) is 0 Å². The van der Waals surface area contributed by atoms with Gasteiger partial charge < -0.3 is 13.6 Å². The van der Waals surface area contributed by atoms with Crippen LogP contribution in [0.5, 0.6) is 0 Å². The molecule has 5 heteroatoms. The lowest BCUT2D eigenvalue weighted by Crippen LogP contribution is -2.12. The van der Waals surface area contributed by atoms with Gasteiger partial charge in [-0.05, 0) is 19.9 Å². The molecule has 0 aromatic rings. The van der Waals surface area contributed by atoms with Crippen LogP contribution in [-0.4, -0.2) is 36.1 Å². The van der Waals surface area contributed by atoms with Crippen molar-refractivity contribution in [3.63, 3.8) is 0 Å². The van der Waals surface area contributed by atoms with Crippen LogP contribution in [0.4, 0.5) is 0 Å². The fraction of sp³-hybridized carbons (Fsp3) is 0.700. The van der Waals surface area contributed by atoms with E-state index in [4.69, 9.17) is 13.6 Å². The van der Waals surface area contributed by atoms with Crippen LogP contribution in [0.3, 0.4) is 0 Å². The van der Waals surface area contributed by atoms with E-state index in [-0.39, 0.29) is 5.97 Å². The first kappa shape index (κ1) is 16.8. The summed E-state index contributed by atoms with van der Waals surface area (Å²) in [6, 6.07) is 0. The van der Waals surface area contributed by atoms with Gasteiger partial charge in [0.2, 0.25) is 0 Å². The molecule has 0 radical (unpaired) electrons. The summed E-state index contributed by atoms with van der Waals surface area (Å²) in [7, 11) is 2.17. The van der Waals surface area contributed by atoms with E-state index in [1.165, 1.54) is 0 Å². The van der Waals surface area contributed by atoms with E-state index < -0.39 is 9.28 Å². The third kappa shape index (κ3) is 13.3. The molecule has 0 amide bonds. The molecule has 0 fully saturated rings. The summed E-state index contributed by atoms with van der Waals surface area (Å²) in [6.07, 6.45) is 0.860. The quantitative estimate of drug-likeness (QED) is 0.412. The average Bonchev–Trinajstić information content (AvgIpc) is 2.25. The van der Waals surface area contributed by atoms with Gasteiger partial charge in [-0.15, -0.1) is 0 Å². The summed E-state index contributed by atoms with van der Waals surface area (Å²) in [6.45, 7) is 9.48. The molecule has 0 aliphatic heterocycles. The molecule has 0 N–H and O–H groups in total. The van der Waals surface area contributed by atoms with E-state index in [2.05, 4.69) is 6.58 Å². The molecule has 0 spiro atoms. The van der Waals surface area contributed by atoms with Gasteiger partial charge in [-0.25, -0.2) is 4.79 Å². The van der Waals surface area contributed by atoms with Crippen molar-refractivity contribution in [1.82, 2.24) is 0 Å². The van der Waals surface area contributed by atoms with Crippen molar-refractivity contribution in [1.29, 1.82) is 0 Å². The van der Waals surface area contributed by atoms with Crippen LogP contribution < -0.4 is 0 Å². The van der Waals surface area contributed by atoms with E-state index in [0.29, 0.717) is 12.2 Å². The maximum absolute atomic E-state index is 10.6. The Balaban J connectivity index is 0. The molecule has 0 aromatic carbocycles. The van der Waals surface area contributed by atoms with Gasteiger partial charge >= 0.3 is 15.3 Å². The lowest BCUT2D eigenvalue weighted by molar-refractivity contribution is -0.138. The van der Waals surface area contributed by atoms with Gasteiger partial charge in [-0.2, -0.15) is 0 Å². The Labute approximate surface area is 94.1 Å². The number of esters is 1. The van der Waals surface area contributed by atoms with Gasteiger partial charge in [-0.3, -0.25) is 0 Å². The van der Waals surface area contributed by atoms with E-state index in [9.17, 15) is 4.79 Å². The van der Waals surface area contributed by atoms with Crippen molar-refractivity contribution < 1.29 is 18.4 Å². The van der Waals surface area contributed by atoms with Crippen LogP contribution in [0.15, 0.2) is 12.2 Å². The molecule has 0 saturated carbocycles. The van der Waals surface area contributed by atoms with Crippen LogP contribution in [0.1, 0.15) is 20.3 Å². The van der Waals surface area contributed by atoms with Gasteiger partial charge in [0, 0.05) is 19.8 Å². The van der Waals surface area contributed by atoms with Gasteiger partial charge in [-0.1, -0.05) is 13.5 Å². The molecule has 0 atom stereocenters. The molecule has 0 heterocycles. The molecule has 0 rings (SSSR count). The molecule has 4 nitrogen and oxygen atoms in total. The molecule has 90 valence electrons. The molecular formula is C10H22O4Si. The number of carbonyl (C=O) groups is 1. The Morgan fingerprint density at radius 1 is 1.33 bits per heavy atom. The van der Waals surface area contributed by atoms with Crippen LogP contribution in [0.25, 0.3) is 0 Å². The predicted molar refractivity (Wildman–Crippen MR) is 63.1 cm³/mol. The first-order valence-corrected chi connectivity index (χ1v) is 6.97. The molecule has 0 aromatic heterocycles. The topological polar surface area (TPSA) is 44.8 Å². The van der Waals surface area contributed by atoms with Crippen molar-refractivity contribution in [3.05, 3.63) is 12.2 Å². The zero-order chi connectivity index (χ0) is 12.3. The maximum Gasteiger partial charge on any atom is 0.333 e. The fourth-order valence-electron chi connectivity index (χ4n) is 0.414. The summed E-state index contributed by atoms with van der Waals surface area (Å²) in [5.41, 5.74) is 0.462. The lowest BCUT2D eigenvalue weighted by Gasteiger charge is -2.00. The van der Waals surface area contributed by atoms with Crippen molar-refractivity contribution in [2.24, 2.45) is 0 Å². The standard InChI is InChI=1S/C7H12O2.C3H10O2Si/c1-4-5-9-7(8)6(2)3;1-4-6(3)5-2/h2,4-5H2,1,3H3;6H,1-3H3. The van der Waals surface area contributed by atoms with Crippen LogP contribution in [-0.2, 0) is 18.4 Å². The second kappa shape index (κ2) is 11.4. The van der Waals surface area contributed by atoms with E-state index in [0.717, 1.165) is 6.42 Å². The van der Waals surface area contributed by atoms with Gasteiger partial charge in [0.1, 0.15) is 0 Å². The van der Waals surface area contributed by atoms with E-state index >= 15 is 0 Å². The Morgan fingerprint density at radius 2 is 1.80 bits per heavy atom. The minimum Gasteiger partial charge on any atom is -0.462 e. The highest BCUT2D eigenvalue weighted by Gasteiger charge is 1.99. The summed E-state index contributed by atoms with van der Waals surface area (Å²) in [4.78, 5) is 10.6. The SMILES string of the molecule is C=C(C)C(=O)OCCC.CO[SiH](C)OC. The molecule has 0 unspecified atom stereocenters. The predicted octanol–water partition coefficient (Wildman–Crippen LogP) is 1.65. The summed E-state index contributed by atoms with van der Waals surface area (Å²) >= 11 is 0. The third-order valence-corrected chi connectivity index (χ3v) is 2.78. The van der Waals surface area contributed by atoms with Gasteiger partial charge in [0.05, 0.1) is 6.61 Å². The Morgan fingerprint density at radius 3 is 2.00 bits per heavy atom. The smallest absolute Gasteiger partial charge is 0.333 e. The minimum absolute atomic E-state index is 0.295. The van der Waals surface area contributed by atoms with Crippen molar-refractivity contribution in [2.45, 2.75) is 26.8 Å². The maximum atomic E-state index is 10.6. The second-order valence-electron chi connectivity index (χ2n) is 2.96. The minimum atomic E-state index is -1.16. The Hall–Kier alpha value is -0.653. The van der Waals surface area contributed by atoms with E-state index in [1.54, 1.807) is 21.1 Å². The second-order valence-corrected chi connectivity index (χ2v) is 5.03. The largest absolute Gasteiger partial charge is 0.462 e. The number of hydrogen-bond acceptors (Lipinski definition) is 4. The molecule has 0 aliphatic carbocycles. The summed E-state index contributed by atoms with van der Waals surface area (Å²) < 4.78 is 14.3.